The van der Waals surface area contributed by atoms with E-state index in [4.69, 9.17) is 0 Å². The predicted molar refractivity (Wildman–Crippen MR) is 108 cm³/mol. The summed E-state index contributed by atoms with van der Waals surface area (Å²) in [5.41, 5.74) is 4.07. The fourth-order valence-electron chi connectivity index (χ4n) is 2.67. The highest BCUT2D eigenvalue weighted by atomic mass is 16.2. The Morgan fingerprint density at radius 1 is 1.31 bits per heavy atom. The van der Waals surface area contributed by atoms with Crippen molar-refractivity contribution in [2.75, 3.05) is 0 Å². The van der Waals surface area contributed by atoms with Crippen LogP contribution < -0.4 is 11.0 Å². The highest BCUT2D eigenvalue weighted by Crippen LogP contribution is 2.12. The molecule has 0 aliphatic carbocycles. The van der Waals surface area contributed by atoms with Crippen LogP contribution in [-0.4, -0.2) is 26.9 Å². The largest absolute Gasteiger partial charge is 0.292 e. The van der Waals surface area contributed by atoms with E-state index in [1.807, 2.05) is 25.1 Å². The van der Waals surface area contributed by atoms with Crippen LogP contribution in [0.25, 0.3) is 5.69 Å². The maximum atomic E-state index is 12.7. The lowest BCUT2D eigenvalue weighted by Crippen LogP contribution is -2.31. The fourth-order valence-corrected chi connectivity index (χ4v) is 2.67. The minimum Gasteiger partial charge on any atom is -0.266 e. The first-order valence-electron chi connectivity index (χ1n) is 8.92. The molecule has 1 aromatic carbocycles. The summed E-state index contributed by atoms with van der Waals surface area (Å²) in [5.74, 6) is -0.627. The minimum atomic E-state index is -0.627. The summed E-state index contributed by atoms with van der Waals surface area (Å²) >= 11 is 0. The lowest BCUT2D eigenvalue weighted by atomic mass is 10.1. The smallest absolute Gasteiger partial charge is 0.266 e. The van der Waals surface area contributed by atoms with Crippen molar-refractivity contribution in [3.05, 3.63) is 87.1 Å². The zero-order valence-corrected chi connectivity index (χ0v) is 16.0. The molecule has 0 bridgehead atoms. The average Bonchev–Trinajstić information content (AvgIpc) is 2.75. The van der Waals surface area contributed by atoms with E-state index in [0.29, 0.717) is 11.3 Å². The Morgan fingerprint density at radius 3 is 2.69 bits per heavy atom. The summed E-state index contributed by atoms with van der Waals surface area (Å²) in [5, 5.41) is 17.5. The molecule has 2 aromatic heterocycles. The van der Waals surface area contributed by atoms with E-state index in [0.717, 1.165) is 16.7 Å². The van der Waals surface area contributed by atoms with Crippen LogP contribution in [0, 0.1) is 18.3 Å². The van der Waals surface area contributed by atoms with E-state index >= 15 is 0 Å². The third-order valence-electron chi connectivity index (χ3n) is 4.32. The summed E-state index contributed by atoms with van der Waals surface area (Å²) < 4.78 is 1.06. The van der Waals surface area contributed by atoms with Gasteiger partial charge in [-0.3, -0.25) is 14.6 Å². The summed E-state index contributed by atoms with van der Waals surface area (Å²) in [6.45, 7) is 3.53. The van der Waals surface area contributed by atoms with Crippen molar-refractivity contribution < 1.29 is 4.79 Å². The van der Waals surface area contributed by atoms with Crippen LogP contribution >= 0.6 is 0 Å². The van der Waals surface area contributed by atoms with Crippen LogP contribution in [0.15, 0.2) is 58.7 Å². The van der Waals surface area contributed by atoms with Crippen LogP contribution in [0.4, 0.5) is 0 Å². The number of hydrogen-bond donors (Lipinski definition) is 1. The Balaban J connectivity index is 1.97. The predicted octanol–water partition coefficient (Wildman–Crippen LogP) is 2.13. The number of pyridine rings is 1. The van der Waals surface area contributed by atoms with Crippen LogP contribution in [0.1, 0.15) is 39.7 Å². The molecule has 0 fully saturated rings. The van der Waals surface area contributed by atoms with Crippen LogP contribution in [0.2, 0.25) is 0 Å². The molecular formula is C21H18N6O2. The van der Waals surface area contributed by atoms with Crippen molar-refractivity contribution in [1.29, 1.82) is 5.26 Å². The lowest BCUT2D eigenvalue weighted by molar-refractivity contribution is 0.0947. The Bertz CT molecular complexity index is 1160. The second-order valence-corrected chi connectivity index (χ2v) is 6.18. The van der Waals surface area contributed by atoms with Gasteiger partial charge in [0.1, 0.15) is 11.6 Å². The molecule has 8 heteroatoms. The van der Waals surface area contributed by atoms with Gasteiger partial charge < -0.3 is 0 Å². The fraction of sp³-hybridized carbons (Fsp3) is 0.143. The number of nitrogens with one attached hydrogen (secondary N) is 1. The van der Waals surface area contributed by atoms with E-state index < -0.39 is 11.5 Å². The van der Waals surface area contributed by atoms with Gasteiger partial charge >= 0.3 is 0 Å². The first-order chi connectivity index (χ1) is 14.0. The van der Waals surface area contributed by atoms with Crippen LogP contribution in [-0.2, 0) is 6.42 Å². The first kappa shape index (κ1) is 19.6. The number of rotatable bonds is 5. The first-order valence-corrected chi connectivity index (χ1v) is 8.92. The molecule has 0 spiro atoms. The molecule has 144 valence electrons. The molecule has 0 radical (unpaired) electrons. The van der Waals surface area contributed by atoms with Crippen molar-refractivity contribution in [2.24, 2.45) is 5.10 Å². The van der Waals surface area contributed by atoms with Crippen molar-refractivity contribution >= 4 is 12.1 Å². The van der Waals surface area contributed by atoms with Gasteiger partial charge in [0, 0.05) is 23.5 Å². The van der Waals surface area contributed by atoms with Gasteiger partial charge in [-0.1, -0.05) is 25.1 Å². The Labute approximate surface area is 167 Å². The number of hydrazone groups is 1. The number of nitrogens with zero attached hydrogens (tertiary/aromatic N) is 5. The summed E-state index contributed by atoms with van der Waals surface area (Å²) in [6.07, 6.45) is 5.50. The molecule has 3 rings (SSSR count). The van der Waals surface area contributed by atoms with Gasteiger partial charge in [0.2, 0.25) is 0 Å². The van der Waals surface area contributed by atoms with Gasteiger partial charge in [-0.15, -0.1) is 0 Å². The lowest BCUT2D eigenvalue weighted by Gasteiger charge is -2.11. The topological polar surface area (TPSA) is 113 Å². The second-order valence-electron chi connectivity index (χ2n) is 6.18. The molecule has 3 aromatic rings. The quantitative estimate of drug-likeness (QED) is 0.533. The van der Waals surface area contributed by atoms with Crippen molar-refractivity contribution in [2.45, 2.75) is 20.3 Å². The third-order valence-corrected chi connectivity index (χ3v) is 4.32. The number of hydrogen-bond acceptors (Lipinski definition) is 6. The SMILES string of the molecule is CCc1ccc(-n2nc(C(=O)N/N=C/c3cccnc3)c(C)c(C#N)c2=O)cc1. The van der Waals surface area contributed by atoms with Crippen molar-refractivity contribution in [1.82, 2.24) is 20.2 Å². The van der Waals surface area contributed by atoms with Crippen LogP contribution in [0.5, 0.6) is 0 Å². The number of aromatic nitrogens is 3. The number of nitriles is 1. The molecule has 0 saturated carbocycles. The molecule has 2 heterocycles. The summed E-state index contributed by atoms with van der Waals surface area (Å²) in [7, 11) is 0. The zero-order valence-electron chi connectivity index (χ0n) is 16.0. The highest BCUT2D eigenvalue weighted by molar-refractivity contribution is 5.94. The molecule has 0 aliphatic heterocycles. The van der Waals surface area contributed by atoms with Crippen molar-refractivity contribution in [3.63, 3.8) is 0 Å². The number of aryl methyl sites for hydroxylation is 1. The molecule has 0 aliphatic rings. The van der Waals surface area contributed by atoms with Gasteiger partial charge in [0.15, 0.2) is 5.69 Å². The molecule has 1 amide bonds. The van der Waals surface area contributed by atoms with E-state index in [2.05, 4.69) is 20.6 Å². The number of benzene rings is 1. The van der Waals surface area contributed by atoms with Gasteiger partial charge in [-0.05, 0) is 37.1 Å². The summed E-state index contributed by atoms with van der Waals surface area (Å²) in [6, 6.07) is 12.6. The van der Waals surface area contributed by atoms with Crippen LogP contribution in [0.3, 0.4) is 0 Å². The molecule has 1 N–H and O–H groups in total. The number of carbonyl (C=O) groups is 1. The van der Waals surface area contributed by atoms with Gasteiger partial charge in [-0.2, -0.15) is 20.1 Å². The molecular weight excluding hydrogens is 368 g/mol. The Kier molecular flexibility index (Phi) is 5.90. The van der Waals surface area contributed by atoms with Gasteiger partial charge in [0.05, 0.1) is 11.9 Å². The maximum absolute atomic E-state index is 12.7. The minimum absolute atomic E-state index is 0.0518. The number of amides is 1. The van der Waals surface area contributed by atoms with Gasteiger partial charge in [0.25, 0.3) is 11.5 Å². The van der Waals surface area contributed by atoms with E-state index in [9.17, 15) is 14.9 Å². The standard InChI is InChI=1S/C21H18N6O2/c1-3-15-6-8-17(9-7-15)27-21(29)18(11-22)14(2)19(26-27)20(28)25-24-13-16-5-4-10-23-12-16/h4-10,12-13H,3H2,1-2H3,(H,25,28)/b24-13+. The average molecular weight is 386 g/mol. The van der Waals surface area contributed by atoms with E-state index in [1.165, 1.54) is 13.1 Å². The normalized spacial score (nSPS) is 10.7. The summed E-state index contributed by atoms with van der Waals surface area (Å²) in [4.78, 5) is 29.2. The zero-order chi connectivity index (χ0) is 20.8. The highest BCUT2D eigenvalue weighted by Gasteiger charge is 2.20. The molecule has 0 unspecified atom stereocenters. The Morgan fingerprint density at radius 2 is 2.07 bits per heavy atom. The Hall–Kier alpha value is -4.12. The van der Waals surface area contributed by atoms with Crippen molar-refractivity contribution in [3.8, 4) is 11.8 Å². The third kappa shape index (κ3) is 4.25. The molecule has 0 saturated heterocycles. The van der Waals surface area contributed by atoms with E-state index in [1.54, 1.807) is 36.7 Å². The number of carbonyl (C=O) groups excluding carboxylic acids is 1. The molecule has 29 heavy (non-hydrogen) atoms. The van der Waals surface area contributed by atoms with E-state index in [-0.39, 0.29) is 16.8 Å². The van der Waals surface area contributed by atoms with Gasteiger partial charge in [-0.25, -0.2) is 5.43 Å². The molecule has 8 nitrogen and oxygen atoms in total. The maximum Gasteiger partial charge on any atom is 0.292 e. The monoisotopic (exact) mass is 386 g/mol. The molecule has 0 atom stereocenters. The second kappa shape index (κ2) is 8.71.